The molecule has 0 spiro atoms. The second kappa shape index (κ2) is 7.27. The molecule has 87 valence electrons. The summed E-state index contributed by atoms with van der Waals surface area (Å²) < 4.78 is 0. The molecule has 0 aliphatic carbocycles. The molecule has 0 aromatic heterocycles. The van der Waals surface area contributed by atoms with Crippen LogP contribution in [0.3, 0.4) is 0 Å². The summed E-state index contributed by atoms with van der Waals surface area (Å²) in [6.45, 7) is 0. The van der Waals surface area contributed by atoms with Crippen molar-refractivity contribution in [1.29, 1.82) is 0 Å². The zero-order chi connectivity index (χ0) is 10.6. The summed E-state index contributed by atoms with van der Waals surface area (Å²) in [4.78, 5) is 30.0. The number of rotatable bonds is 5. The maximum atomic E-state index is 10.1. The molecule has 8 nitrogen and oxygen atoms in total. The molecule has 0 aromatic carbocycles. The number of carbonyl (C=O) groups is 3. The van der Waals surface area contributed by atoms with Crippen molar-refractivity contribution >= 4 is 17.9 Å². The monoisotopic (exact) mass is 309 g/mol. The van der Waals surface area contributed by atoms with Crippen LogP contribution in [0.5, 0.6) is 0 Å². The van der Waals surface area contributed by atoms with Crippen LogP contribution in [0.1, 0.15) is 12.8 Å². The van der Waals surface area contributed by atoms with Crippen LogP contribution in [0, 0.1) is 0 Å². The van der Waals surface area contributed by atoms with Crippen molar-refractivity contribution in [3.63, 3.8) is 0 Å². The van der Waals surface area contributed by atoms with Gasteiger partial charge in [-0.3, -0.25) is 0 Å². The van der Waals surface area contributed by atoms with Gasteiger partial charge in [-0.2, -0.15) is 0 Å². The average Bonchev–Trinajstić information content (AvgIpc) is 1.82. The fourth-order valence-electron chi connectivity index (χ4n) is 0.684. The normalized spacial score (nSPS) is 9.40. The van der Waals surface area contributed by atoms with Crippen molar-refractivity contribution < 1.29 is 54.3 Å². The Hall–Kier alpha value is -1.05. The summed E-state index contributed by atoms with van der Waals surface area (Å²) in [5.74, 6) is -5.98. The smallest absolute Gasteiger partial charge is 0.550 e. The number of hydrogen-bond acceptors (Lipinski definition) is 7. The zero-order valence-corrected chi connectivity index (χ0v) is 9.40. The minimum absolute atomic E-state index is 0. The Morgan fingerprint density at radius 2 is 1.27 bits per heavy atom. The third-order valence-corrected chi connectivity index (χ3v) is 1.25. The van der Waals surface area contributed by atoms with E-state index in [1.165, 1.54) is 0 Å². The summed E-state index contributed by atoms with van der Waals surface area (Å²) in [6, 6.07) is 0. The molecule has 0 rings (SSSR count). The first-order chi connectivity index (χ1) is 5.78. The van der Waals surface area contributed by atoms with Crippen LogP contribution in [0.2, 0.25) is 0 Å². The maximum absolute atomic E-state index is 10.1. The van der Waals surface area contributed by atoms with Gasteiger partial charge in [0.05, 0.1) is 5.97 Å². The van der Waals surface area contributed by atoms with Crippen LogP contribution in [0.25, 0.3) is 0 Å². The summed E-state index contributed by atoms with van der Waals surface area (Å²) >= 11 is 0. The van der Waals surface area contributed by atoms with Gasteiger partial charge in [0.25, 0.3) is 0 Å². The molecular weight excluding hydrogens is 299 g/mol. The molecule has 0 bridgehead atoms. The molecule has 9 heteroatoms. The molecule has 0 amide bonds. The number of carbonyl (C=O) groups excluding carboxylic acids is 3. The van der Waals surface area contributed by atoms with E-state index in [0.29, 0.717) is 0 Å². The number of aliphatic carboxylic acids is 3. The van der Waals surface area contributed by atoms with Crippen molar-refractivity contribution in [3.05, 3.63) is 0 Å². The SMILES string of the molecule is O=C([O-])CC(O)(CC(=O)[O-])C(=O)[O-].[NH4+].[Ru+3]. The number of quaternary nitrogens is 1. The standard InChI is InChI=1S/C6H8O7.H3N.Ru/c7-3(8)1-6(13,5(11)12)2-4(9)10;;/h13H,1-2H2,(H,7,8)(H,9,10)(H,11,12);1H3;/q;;+3/p-2. The molecule has 0 saturated heterocycles. The van der Waals surface area contributed by atoms with Crippen LogP contribution in [-0.2, 0) is 33.9 Å². The molecule has 5 N–H and O–H groups in total. The van der Waals surface area contributed by atoms with Gasteiger partial charge in [0, 0.05) is 24.8 Å². The van der Waals surface area contributed by atoms with Gasteiger partial charge in [-0.25, -0.2) is 0 Å². The quantitative estimate of drug-likeness (QED) is 0.478. The summed E-state index contributed by atoms with van der Waals surface area (Å²) in [7, 11) is 0. The first-order valence-electron chi connectivity index (χ1n) is 3.11. The molecule has 15 heavy (non-hydrogen) atoms. The van der Waals surface area contributed by atoms with E-state index in [0.717, 1.165) is 0 Å². The number of carboxylic acids is 3. The van der Waals surface area contributed by atoms with Gasteiger partial charge in [0.15, 0.2) is 0 Å². The average molecular weight is 308 g/mol. The minimum Gasteiger partial charge on any atom is -0.550 e. The van der Waals surface area contributed by atoms with Gasteiger partial charge < -0.3 is 41.0 Å². The largest absolute Gasteiger partial charge is 3.00 e. The topological polar surface area (TPSA) is 177 Å². The number of hydrogen-bond donors (Lipinski definition) is 2. The van der Waals surface area contributed by atoms with Gasteiger partial charge >= 0.3 is 19.5 Å². The summed E-state index contributed by atoms with van der Waals surface area (Å²) in [6.07, 6.45) is -2.72. The summed E-state index contributed by atoms with van der Waals surface area (Å²) in [5, 5.41) is 38.9. The maximum Gasteiger partial charge on any atom is 3.00 e. The van der Waals surface area contributed by atoms with Crippen molar-refractivity contribution in [1.82, 2.24) is 6.15 Å². The third kappa shape index (κ3) is 6.95. The van der Waals surface area contributed by atoms with Gasteiger partial charge in [-0.15, -0.1) is 0 Å². The van der Waals surface area contributed by atoms with Crippen molar-refractivity contribution in [2.75, 3.05) is 0 Å². The molecule has 0 saturated carbocycles. The fourth-order valence-corrected chi connectivity index (χ4v) is 0.684. The van der Waals surface area contributed by atoms with E-state index >= 15 is 0 Å². The van der Waals surface area contributed by atoms with Crippen LogP contribution < -0.4 is 21.5 Å². The fraction of sp³-hybridized carbons (Fsp3) is 0.500. The van der Waals surface area contributed by atoms with E-state index in [4.69, 9.17) is 5.11 Å². The molecule has 0 aliphatic rings. The molecule has 0 atom stereocenters. The minimum atomic E-state index is -2.97. The van der Waals surface area contributed by atoms with Gasteiger partial charge in [0.1, 0.15) is 5.60 Å². The Labute approximate surface area is 97.2 Å². The van der Waals surface area contributed by atoms with Gasteiger partial charge in [-0.1, -0.05) is 0 Å². The Kier molecular flexibility index (Phi) is 9.46. The summed E-state index contributed by atoms with van der Waals surface area (Å²) in [5.41, 5.74) is -2.97. The second-order valence-electron chi connectivity index (χ2n) is 2.42. The van der Waals surface area contributed by atoms with Crippen molar-refractivity contribution in [2.24, 2.45) is 0 Å². The first kappa shape index (κ1) is 19.5. The van der Waals surface area contributed by atoms with E-state index in [1.807, 2.05) is 0 Å². The third-order valence-electron chi connectivity index (χ3n) is 1.25. The van der Waals surface area contributed by atoms with Crippen LogP contribution in [-0.4, -0.2) is 28.6 Å². The Morgan fingerprint density at radius 3 is 1.40 bits per heavy atom. The Bertz CT molecular complexity index is 238. The zero-order valence-electron chi connectivity index (χ0n) is 7.66. The van der Waals surface area contributed by atoms with E-state index in [9.17, 15) is 29.7 Å². The first-order valence-corrected chi connectivity index (χ1v) is 3.11. The molecule has 0 aliphatic heterocycles. The second-order valence-corrected chi connectivity index (χ2v) is 2.42. The molecule has 0 aromatic rings. The number of carboxylic acid groups (broad SMARTS) is 3. The molecule has 1 radical (unpaired) electrons. The molecular formula is C6H9NO7Ru+. The van der Waals surface area contributed by atoms with Gasteiger partial charge in [0.2, 0.25) is 0 Å². The van der Waals surface area contributed by atoms with Gasteiger partial charge in [-0.05, 0) is 0 Å². The molecule has 0 fully saturated rings. The Balaban J connectivity index is -0.000000720. The van der Waals surface area contributed by atoms with E-state index < -0.39 is 36.4 Å². The van der Waals surface area contributed by atoms with E-state index in [2.05, 4.69) is 0 Å². The predicted octanol–water partition coefficient (Wildman–Crippen LogP) is -4.88. The van der Waals surface area contributed by atoms with Crippen molar-refractivity contribution in [3.8, 4) is 0 Å². The predicted molar refractivity (Wildman–Crippen MR) is 35.2 cm³/mol. The van der Waals surface area contributed by atoms with Crippen LogP contribution in [0.4, 0.5) is 0 Å². The number of aliphatic hydroxyl groups is 1. The van der Waals surface area contributed by atoms with E-state index in [-0.39, 0.29) is 25.6 Å². The van der Waals surface area contributed by atoms with Crippen LogP contribution in [0.15, 0.2) is 0 Å². The van der Waals surface area contributed by atoms with Crippen LogP contribution >= 0.6 is 0 Å². The van der Waals surface area contributed by atoms with E-state index in [1.54, 1.807) is 0 Å². The Morgan fingerprint density at radius 1 is 1.00 bits per heavy atom. The molecule has 0 unspecified atom stereocenters. The molecule has 0 heterocycles. The van der Waals surface area contributed by atoms with Crippen molar-refractivity contribution in [2.45, 2.75) is 18.4 Å².